The van der Waals surface area contributed by atoms with Gasteiger partial charge in [0.2, 0.25) is 5.91 Å². The minimum absolute atomic E-state index is 0.0554. The molecule has 0 fully saturated rings. The molecule has 0 saturated heterocycles. The summed E-state index contributed by atoms with van der Waals surface area (Å²) in [6, 6.07) is 16.7. The monoisotopic (exact) mass is 339 g/mol. The van der Waals surface area contributed by atoms with Crippen LogP contribution in [0.25, 0.3) is 11.1 Å². The topological polar surface area (TPSA) is 84.2 Å². The van der Waals surface area contributed by atoms with E-state index in [0.29, 0.717) is 0 Å². The molecule has 0 spiro atoms. The Morgan fingerprint density at radius 2 is 1.40 bits per heavy atom. The van der Waals surface area contributed by atoms with Crippen molar-refractivity contribution in [2.75, 3.05) is 0 Å². The summed E-state index contributed by atoms with van der Waals surface area (Å²) in [4.78, 5) is 23.5. The Hall–Kier alpha value is -2.82. The number of hydrogen-bond donors (Lipinski definition) is 3. The first-order chi connectivity index (χ1) is 11.9. The standard InChI is InChI=1S/C20H25N3O2/c1-13(2)18(23-20(21)25)19(24)22-14(3)15-9-11-17(12-10-15)16-7-5-4-6-8-16/h4-14,18H,1-3H3,(H,22,24)(H3,21,23,25)/t14-,18+/m1/s1. The average molecular weight is 339 g/mol. The van der Waals surface area contributed by atoms with Crippen LogP contribution in [0.5, 0.6) is 0 Å². The lowest BCUT2D eigenvalue weighted by molar-refractivity contribution is -0.124. The molecule has 2 rings (SSSR count). The van der Waals surface area contributed by atoms with Crippen molar-refractivity contribution >= 4 is 11.9 Å². The third-order valence-corrected chi connectivity index (χ3v) is 4.12. The molecule has 25 heavy (non-hydrogen) atoms. The Morgan fingerprint density at radius 1 is 0.840 bits per heavy atom. The van der Waals surface area contributed by atoms with E-state index in [1.54, 1.807) is 0 Å². The van der Waals surface area contributed by atoms with Crippen molar-refractivity contribution in [2.24, 2.45) is 11.7 Å². The smallest absolute Gasteiger partial charge is 0.312 e. The van der Waals surface area contributed by atoms with Gasteiger partial charge >= 0.3 is 6.03 Å². The SMILES string of the molecule is CC(C)[C@H](NC(N)=O)C(=O)N[C@H](C)c1ccc(-c2ccccc2)cc1. The van der Waals surface area contributed by atoms with E-state index in [1.807, 2.05) is 63.2 Å². The maximum atomic E-state index is 12.4. The zero-order valence-electron chi connectivity index (χ0n) is 14.8. The molecule has 0 aliphatic heterocycles. The van der Waals surface area contributed by atoms with Crippen molar-refractivity contribution in [3.8, 4) is 11.1 Å². The Bertz CT molecular complexity index is 711. The second kappa shape index (κ2) is 8.33. The zero-order chi connectivity index (χ0) is 18.4. The predicted molar refractivity (Wildman–Crippen MR) is 99.8 cm³/mol. The van der Waals surface area contributed by atoms with E-state index in [0.717, 1.165) is 16.7 Å². The van der Waals surface area contributed by atoms with Crippen LogP contribution in [-0.2, 0) is 4.79 Å². The van der Waals surface area contributed by atoms with Crippen molar-refractivity contribution in [1.29, 1.82) is 0 Å². The van der Waals surface area contributed by atoms with Gasteiger partial charge in [-0.3, -0.25) is 4.79 Å². The van der Waals surface area contributed by atoms with E-state index in [2.05, 4.69) is 22.8 Å². The maximum Gasteiger partial charge on any atom is 0.312 e. The number of amides is 3. The Labute approximate surface area is 148 Å². The van der Waals surface area contributed by atoms with Crippen LogP contribution in [-0.4, -0.2) is 18.0 Å². The fourth-order valence-corrected chi connectivity index (χ4v) is 2.67. The summed E-state index contributed by atoms with van der Waals surface area (Å²) in [6.07, 6.45) is 0. The highest BCUT2D eigenvalue weighted by atomic mass is 16.2. The van der Waals surface area contributed by atoms with Crippen LogP contribution in [0, 0.1) is 5.92 Å². The molecule has 0 aliphatic carbocycles. The van der Waals surface area contributed by atoms with E-state index in [1.165, 1.54) is 0 Å². The third kappa shape index (κ3) is 5.08. The fraction of sp³-hybridized carbons (Fsp3) is 0.300. The summed E-state index contributed by atoms with van der Waals surface area (Å²) in [6.45, 7) is 5.64. The predicted octanol–water partition coefficient (Wildman–Crippen LogP) is 3.22. The number of nitrogens with two attached hydrogens (primary N) is 1. The highest BCUT2D eigenvalue weighted by Gasteiger charge is 2.24. The van der Waals surface area contributed by atoms with Crippen molar-refractivity contribution in [3.05, 3.63) is 60.2 Å². The van der Waals surface area contributed by atoms with Gasteiger partial charge in [-0.1, -0.05) is 68.4 Å². The van der Waals surface area contributed by atoms with Crippen molar-refractivity contribution < 1.29 is 9.59 Å². The van der Waals surface area contributed by atoms with Crippen LogP contribution in [0.3, 0.4) is 0 Å². The van der Waals surface area contributed by atoms with E-state index < -0.39 is 12.1 Å². The lowest BCUT2D eigenvalue weighted by atomic mass is 10.00. The number of urea groups is 1. The van der Waals surface area contributed by atoms with Crippen LogP contribution < -0.4 is 16.4 Å². The van der Waals surface area contributed by atoms with Crippen LogP contribution in [0.1, 0.15) is 32.4 Å². The molecule has 0 aromatic heterocycles. The number of carbonyl (C=O) groups is 2. The summed E-state index contributed by atoms with van der Waals surface area (Å²) in [5, 5.41) is 5.43. The Balaban J connectivity index is 2.06. The van der Waals surface area contributed by atoms with Gasteiger partial charge in [-0.2, -0.15) is 0 Å². The molecule has 0 saturated carbocycles. The fourth-order valence-electron chi connectivity index (χ4n) is 2.67. The second-order valence-corrected chi connectivity index (χ2v) is 6.45. The molecule has 4 N–H and O–H groups in total. The quantitative estimate of drug-likeness (QED) is 0.755. The van der Waals surface area contributed by atoms with Gasteiger partial charge in [0, 0.05) is 0 Å². The highest BCUT2D eigenvalue weighted by Crippen LogP contribution is 2.22. The van der Waals surface area contributed by atoms with E-state index in [4.69, 9.17) is 5.73 Å². The molecule has 2 aromatic rings. The van der Waals surface area contributed by atoms with E-state index in [-0.39, 0.29) is 17.9 Å². The molecule has 3 amide bonds. The Morgan fingerprint density at radius 3 is 1.92 bits per heavy atom. The lowest BCUT2D eigenvalue weighted by Crippen LogP contribution is -2.51. The molecular formula is C20H25N3O2. The summed E-state index contributed by atoms with van der Waals surface area (Å²) in [5.74, 6) is -0.298. The first-order valence-corrected chi connectivity index (χ1v) is 8.40. The van der Waals surface area contributed by atoms with Gasteiger partial charge in [0.05, 0.1) is 6.04 Å². The first kappa shape index (κ1) is 18.5. The number of carbonyl (C=O) groups excluding carboxylic acids is 2. The number of nitrogens with one attached hydrogen (secondary N) is 2. The average Bonchev–Trinajstić information content (AvgIpc) is 2.60. The molecule has 2 atom stereocenters. The van der Waals surface area contributed by atoms with Crippen molar-refractivity contribution in [1.82, 2.24) is 10.6 Å². The van der Waals surface area contributed by atoms with Crippen molar-refractivity contribution in [3.63, 3.8) is 0 Å². The molecule has 0 aliphatic rings. The number of rotatable bonds is 6. The molecular weight excluding hydrogens is 314 g/mol. The summed E-state index contributed by atoms with van der Waals surface area (Å²) in [7, 11) is 0. The van der Waals surface area contributed by atoms with Crippen LogP contribution in [0.4, 0.5) is 4.79 Å². The molecule has 0 bridgehead atoms. The van der Waals surface area contributed by atoms with Gasteiger partial charge in [-0.25, -0.2) is 4.79 Å². The Kier molecular flexibility index (Phi) is 6.17. The number of primary amides is 1. The van der Waals surface area contributed by atoms with Gasteiger partial charge in [0.1, 0.15) is 6.04 Å². The highest BCUT2D eigenvalue weighted by molar-refractivity contribution is 5.87. The second-order valence-electron chi connectivity index (χ2n) is 6.45. The molecule has 0 radical (unpaired) electrons. The normalized spacial score (nSPS) is 13.1. The number of benzene rings is 2. The van der Waals surface area contributed by atoms with Crippen LogP contribution in [0.15, 0.2) is 54.6 Å². The summed E-state index contributed by atoms with van der Waals surface area (Å²) >= 11 is 0. The van der Waals surface area contributed by atoms with Gasteiger partial charge in [-0.05, 0) is 29.5 Å². The van der Waals surface area contributed by atoms with Gasteiger partial charge in [-0.15, -0.1) is 0 Å². The lowest BCUT2D eigenvalue weighted by Gasteiger charge is -2.23. The third-order valence-electron chi connectivity index (χ3n) is 4.12. The van der Waals surface area contributed by atoms with Crippen LogP contribution in [0.2, 0.25) is 0 Å². The minimum Gasteiger partial charge on any atom is -0.352 e. The van der Waals surface area contributed by atoms with E-state index >= 15 is 0 Å². The van der Waals surface area contributed by atoms with Crippen molar-refractivity contribution in [2.45, 2.75) is 32.9 Å². The molecule has 5 nitrogen and oxygen atoms in total. The van der Waals surface area contributed by atoms with Gasteiger partial charge in [0.15, 0.2) is 0 Å². The zero-order valence-corrected chi connectivity index (χ0v) is 14.8. The summed E-state index contributed by atoms with van der Waals surface area (Å²) in [5.41, 5.74) is 8.42. The van der Waals surface area contributed by atoms with Crippen LogP contribution >= 0.6 is 0 Å². The molecule has 132 valence electrons. The maximum absolute atomic E-state index is 12.4. The van der Waals surface area contributed by atoms with E-state index in [9.17, 15) is 9.59 Å². The molecule has 0 unspecified atom stereocenters. The first-order valence-electron chi connectivity index (χ1n) is 8.40. The van der Waals surface area contributed by atoms with Gasteiger partial charge < -0.3 is 16.4 Å². The minimum atomic E-state index is -0.700. The molecule has 2 aromatic carbocycles. The molecule has 5 heteroatoms. The summed E-state index contributed by atoms with van der Waals surface area (Å²) < 4.78 is 0. The van der Waals surface area contributed by atoms with Gasteiger partial charge in [0.25, 0.3) is 0 Å². The molecule has 0 heterocycles. The number of hydrogen-bond acceptors (Lipinski definition) is 2. The largest absolute Gasteiger partial charge is 0.352 e.